The van der Waals surface area contributed by atoms with Gasteiger partial charge in [0.05, 0.1) is 5.69 Å². The van der Waals surface area contributed by atoms with Crippen LogP contribution in [0.5, 0.6) is 0 Å². The summed E-state index contributed by atoms with van der Waals surface area (Å²) in [5.74, 6) is 2.64. The van der Waals surface area contributed by atoms with Crippen LogP contribution in [0.4, 0.5) is 10.1 Å². The highest BCUT2D eigenvalue weighted by Crippen LogP contribution is 2.55. The van der Waals surface area contributed by atoms with Crippen molar-refractivity contribution in [2.75, 3.05) is 11.6 Å². The molecule has 8 nitrogen and oxygen atoms in total. The molecule has 0 radical (unpaired) electrons. The van der Waals surface area contributed by atoms with E-state index in [-0.39, 0.29) is 69.7 Å². The smallest absolute Gasteiger partial charge is 0.286 e. The lowest BCUT2D eigenvalue weighted by atomic mass is 9.77. The first kappa shape index (κ1) is 25.1. The molecule has 200 valence electrons. The molecule has 4 aliphatic rings. The van der Waals surface area contributed by atoms with E-state index < -0.39 is 25.5 Å². The Labute approximate surface area is 221 Å². The van der Waals surface area contributed by atoms with Crippen LogP contribution in [0.25, 0.3) is 0 Å². The number of rotatable bonds is 5. The number of benzene rings is 2. The molecule has 1 amide bonds. The average molecular weight is 558 g/mol. The molecule has 2 saturated carbocycles. The van der Waals surface area contributed by atoms with Crippen molar-refractivity contribution < 1.29 is 26.9 Å². The SMILES string of the molecule is C=S(C)(=O)Cc1ccc2c(c1)S(=O)(=O)N=C(C1=C(O)C3C([C@@H]4CC[C@H]3C4)N(Cc3ccc(F)cc3)C1=O)N2. The molecule has 2 aliphatic carbocycles. The van der Waals surface area contributed by atoms with Gasteiger partial charge >= 0.3 is 0 Å². The second-order valence-electron chi connectivity index (χ2n) is 10.9. The van der Waals surface area contributed by atoms with Gasteiger partial charge in [0.25, 0.3) is 15.9 Å². The van der Waals surface area contributed by atoms with Crippen LogP contribution in [0.2, 0.25) is 0 Å². The molecule has 2 heterocycles. The number of nitrogens with one attached hydrogen (secondary N) is 1. The molecule has 2 N–H and O–H groups in total. The number of aliphatic hydroxyl groups excluding tert-OH is 1. The number of amides is 1. The number of fused-ring (bicyclic) bond motifs is 6. The Bertz CT molecular complexity index is 1630. The number of amidine groups is 1. The maximum Gasteiger partial charge on any atom is 0.286 e. The van der Waals surface area contributed by atoms with Crippen LogP contribution in [0.1, 0.15) is 30.4 Å². The Kier molecular flexibility index (Phi) is 5.73. The summed E-state index contributed by atoms with van der Waals surface area (Å²) in [6, 6.07) is 10.3. The first-order valence-corrected chi connectivity index (χ1v) is 16.2. The molecule has 5 atom stereocenters. The Morgan fingerprint density at radius 2 is 1.84 bits per heavy atom. The van der Waals surface area contributed by atoms with Gasteiger partial charge < -0.3 is 15.3 Å². The first-order valence-electron chi connectivity index (χ1n) is 12.4. The molecule has 0 aromatic heterocycles. The molecule has 6 rings (SSSR count). The molecule has 2 aromatic rings. The molecule has 0 spiro atoms. The number of aliphatic hydroxyl groups is 1. The zero-order chi connectivity index (χ0) is 27.0. The summed E-state index contributed by atoms with van der Waals surface area (Å²) >= 11 is 0. The summed E-state index contributed by atoms with van der Waals surface area (Å²) in [7, 11) is -6.62. The van der Waals surface area contributed by atoms with E-state index in [1.54, 1.807) is 29.2 Å². The first-order chi connectivity index (χ1) is 17.9. The Morgan fingerprint density at radius 1 is 1.16 bits per heavy atom. The summed E-state index contributed by atoms with van der Waals surface area (Å²) < 4.78 is 56.1. The zero-order valence-electron chi connectivity index (χ0n) is 20.8. The highest BCUT2D eigenvalue weighted by molar-refractivity contribution is 7.98. The molecular formula is C27H28FN3O5S2. The Morgan fingerprint density at radius 3 is 2.55 bits per heavy atom. The van der Waals surface area contributed by atoms with Gasteiger partial charge in [-0.2, -0.15) is 8.42 Å². The normalized spacial score (nSPS) is 28.8. The predicted molar refractivity (Wildman–Crippen MR) is 144 cm³/mol. The minimum absolute atomic E-state index is 0.0910. The minimum Gasteiger partial charge on any atom is -0.511 e. The van der Waals surface area contributed by atoms with E-state index in [9.17, 15) is 26.9 Å². The number of carbonyl (C=O) groups excluding carboxylic acids is 1. The topological polar surface area (TPSA) is 116 Å². The number of anilines is 1. The number of carbonyl (C=O) groups is 1. The monoisotopic (exact) mass is 557 g/mol. The maximum atomic E-state index is 13.9. The molecule has 2 fully saturated rings. The number of nitrogens with zero attached hydrogens (tertiary/aromatic N) is 2. The Balaban J connectivity index is 1.41. The molecule has 0 saturated heterocycles. The van der Waals surface area contributed by atoms with Crippen LogP contribution in [0.15, 0.2) is 63.1 Å². The van der Waals surface area contributed by atoms with Crippen LogP contribution in [0, 0.1) is 23.6 Å². The lowest BCUT2D eigenvalue weighted by Crippen LogP contribution is -2.53. The van der Waals surface area contributed by atoms with Gasteiger partial charge in [-0.25, -0.2) is 4.39 Å². The van der Waals surface area contributed by atoms with Crippen molar-refractivity contribution in [3.8, 4) is 0 Å². The lowest BCUT2D eigenvalue weighted by molar-refractivity contribution is -0.134. The van der Waals surface area contributed by atoms with Crippen LogP contribution in [0.3, 0.4) is 0 Å². The summed E-state index contributed by atoms with van der Waals surface area (Å²) in [6.45, 7) is 0.210. The summed E-state index contributed by atoms with van der Waals surface area (Å²) in [5, 5.41) is 14.4. The molecule has 2 bridgehead atoms. The number of hydrogen-bond acceptors (Lipinski definition) is 6. The minimum atomic E-state index is -4.22. The van der Waals surface area contributed by atoms with Gasteiger partial charge in [0.15, 0.2) is 5.84 Å². The van der Waals surface area contributed by atoms with Crippen LogP contribution >= 0.6 is 0 Å². The third kappa shape index (κ3) is 4.21. The van der Waals surface area contributed by atoms with Gasteiger partial charge in [-0.15, -0.1) is 4.40 Å². The van der Waals surface area contributed by atoms with Gasteiger partial charge in [-0.1, -0.05) is 18.2 Å². The molecular weight excluding hydrogens is 529 g/mol. The highest BCUT2D eigenvalue weighted by Gasteiger charge is 2.57. The van der Waals surface area contributed by atoms with Crippen molar-refractivity contribution in [3.05, 3.63) is 70.7 Å². The standard InChI is InChI=1S/C27H28FN3O5S2/c1-37(2,34)14-16-5-10-20-21(11-16)38(35,36)30-26(29-20)23-25(32)22-17-6-7-18(12-17)24(22)31(27(23)33)13-15-3-8-19(28)9-4-15/h3-5,8-11,17-18,22,24,32H,1,6-7,12-14H2,2H3,(H,29,30)/t17-,18+,22?,24?,37?/m0/s1. The van der Waals surface area contributed by atoms with Crippen LogP contribution < -0.4 is 5.32 Å². The fourth-order valence-corrected chi connectivity index (χ4v) is 8.65. The second-order valence-corrected chi connectivity index (χ2v) is 15.1. The van der Waals surface area contributed by atoms with Crippen molar-refractivity contribution in [2.24, 2.45) is 22.2 Å². The molecule has 38 heavy (non-hydrogen) atoms. The third-order valence-electron chi connectivity index (χ3n) is 8.04. The summed E-state index contributed by atoms with van der Waals surface area (Å²) in [5.41, 5.74) is 1.36. The average Bonchev–Trinajstić information content (AvgIpc) is 3.45. The Hall–Kier alpha value is -3.18. The molecule has 11 heteroatoms. The zero-order valence-corrected chi connectivity index (χ0v) is 22.4. The predicted octanol–water partition coefficient (Wildman–Crippen LogP) is 3.45. The number of sulfonamides is 1. The van der Waals surface area contributed by atoms with Gasteiger partial charge in [0.2, 0.25) is 0 Å². The summed E-state index contributed by atoms with van der Waals surface area (Å²) in [4.78, 5) is 15.5. The second kappa shape index (κ2) is 8.67. The maximum absolute atomic E-state index is 13.9. The lowest BCUT2D eigenvalue weighted by Gasteiger charge is -2.44. The molecule has 3 unspecified atom stereocenters. The third-order valence-corrected chi connectivity index (χ3v) is 10.3. The van der Waals surface area contributed by atoms with Crippen LogP contribution in [-0.2, 0) is 36.6 Å². The van der Waals surface area contributed by atoms with Crippen molar-refractivity contribution in [1.29, 1.82) is 0 Å². The van der Waals surface area contributed by atoms with Crippen molar-refractivity contribution in [3.63, 3.8) is 0 Å². The van der Waals surface area contributed by atoms with E-state index >= 15 is 0 Å². The highest BCUT2D eigenvalue weighted by atomic mass is 32.2. The van der Waals surface area contributed by atoms with E-state index in [0.29, 0.717) is 5.56 Å². The quantitative estimate of drug-likeness (QED) is 0.544. The van der Waals surface area contributed by atoms with Crippen molar-refractivity contribution in [1.82, 2.24) is 4.90 Å². The largest absolute Gasteiger partial charge is 0.511 e. The molecule has 2 aliphatic heterocycles. The summed E-state index contributed by atoms with van der Waals surface area (Å²) in [6.07, 6.45) is 4.28. The number of hydrogen-bond donors (Lipinski definition) is 2. The van der Waals surface area contributed by atoms with E-state index in [4.69, 9.17) is 0 Å². The number of halogens is 1. The van der Waals surface area contributed by atoms with Crippen molar-refractivity contribution >= 4 is 42.8 Å². The van der Waals surface area contributed by atoms with Gasteiger partial charge in [-0.05, 0) is 81.9 Å². The van der Waals surface area contributed by atoms with Gasteiger partial charge in [0, 0.05) is 30.5 Å². The fourth-order valence-electron chi connectivity index (χ4n) is 6.59. The van der Waals surface area contributed by atoms with E-state index in [0.717, 1.165) is 24.8 Å². The van der Waals surface area contributed by atoms with E-state index in [1.165, 1.54) is 24.5 Å². The van der Waals surface area contributed by atoms with E-state index in [1.807, 2.05) is 0 Å². The molecule has 2 aromatic carbocycles. The van der Waals surface area contributed by atoms with E-state index in [2.05, 4.69) is 15.6 Å². The van der Waals surface area contributed by atoms with Crippen molar-refractivity contribution in [2.45, 2.75) is 42.5 Å². The van der Waals surface area contributed by atoms with Gasteiger partial charge in [0.1, 0.15) is 22.0 Å². The fraction of sp³-hybridized carbons (Fsp3) is 0.370. The van der Waals surface area contributed by atoms with Gasteiger partial charge in [-0.3, -0.25) is 9.00 Å². The van der Waals surface area contributed by atoms with Crippen LogP contribution in [-0.4, -0.2) is 52.5 Å².